The Kier molecular flexibility index (Phi) is 3.88. The summed E-state index contributed by atoms with van der Waals surface area (Å²) in [7, 11) is 0. The highest BCUT2D eigenvalue weighted by Gasteiger charge is 1.99. The van der Waals surface area contributed by atoms with Crippen LogP contribution in [0.25, 0.3) is 0 Å². The second-order valence-electron chi connectivity index (χ2n) is 2.42. The highest BCUT2D eigenvalue weighted by Crippen LogP contribution is 2.15. The molecule has 0 aliphatic carbocycles. The van der Waals surface area contributed by atoms with Crippen molar-refractivity contribution in [1.82, 2.24) is 0 Å². The molecule has 1 rings (SSSR count). The molecule has 1 aromatic rings. The van der Waals surface area contributed by atoms with Crippen molar-refractivity contribution in [2.24, 2.45) is 0 Å². The van der Waals surface area contributed by atoms with Crippen molar-refractivity contribution in [1.29, 1.82) is 10.5 Å². The smallest absolute Gasteiger partial charge is 0.0994 e. The summed E-state index contributed by atoms with van der Waals surface area (Å²) in [6.07, 6.45) is 0. The van der Waals surface area contributed by atoms with Gasteiger partial charge < -0.3 is 0 Å². The lowest BCUT2D eigenvalue weighted by atomic mass is 10.1. The average molecular weight is 188 g/mol. The highest BCUT2D eigenvalue weighted by atomic mass is 32.2. The van der Waals surface area contributed by atoms with Crippen molar-refractivity contribution in [3.8, 4) is 12.1 Å². The van der Waals surface area contributed by atoms with Crippen molar-refractivity contribution in [3.05, 3.63) is 35.4 Å². The minimum Gasteiger partial charge on any atom is -0.197 e. The molecule has 0 fully saturated rings. The van der Waals surface area contributed by atoms with E-state index in [0.29, 0.717) is 11.3 Å². The van der Waals surface area contributed by atoms with E-state index in [4.69, 9.17) is 10.5 Å². The molecule has 0 bridgehead atoms. The van der Waals surface area contributed by atoms with E-state index in [2.05, 4.69) is 12.1 Å². The summed E-state index contributed by atoms with van der Waals surface area (Å²) >= 11 is 1.52. The molecule has 13 heavy (non-hydrogen) atoms. The van der Waals surface area contributed by atoms with Gasteiger partial charge >= 0.3 is 0 Å². The van der Waals surface area contributed by atoms with Gasteiger partial charge in [0.25, 0.3) is 0 Å². The van der Waals surface area contributed by atoms with E-state index in [1.165, 1.54) is 11.8 Å². The van der Waals surface area contributed by atoms with E-state index in [1.807, 2.05) is 18.2 Å². The van der Waals surface area contributed by atoms with Crippen LogP contribution in [-0.4, -0.2) is 5.75 Å². The summed E-state index contributed by atoms with van der Waals surface area (Å²) in [5.74, 6) is 1.21. The van der Waals surface area contributed by atoms with E-state index in [1.54, 1.807) is 6.07 Å². The number of benzene rings is 1. The average Bonchev–Trinajstić information content (AvgIpc) is 2.19. The van der Waals surface area contributed by atoms with Gasteiger partial charge in [-0.25, -0.2) is 0 Å². The summed E-state index contributed by atoms with van der Waals surface area (Å²) < 4.78 is 0. The lowest BCUT2D eigenvalue weighted by Gasteiger charge is -2.00. The fourth-order valence-corrected chi connectivity index (χ4v) is 1.63. The SMILES string of the molecule is N#CCSCc1ccccc1C#N. The third kappa shape index (κ3) is 2.82. The maximum Gasteiger partial charge on any atom is 0.0994 e. The molecule has 2 nitrogen and oxygen atoms in total. The van der Waals surface area contributed by atoms with E-state index in [-0.39, 0.29) is 0 Å². The Labute approximate surface area is 81.8 Å². The van der Waals surface area contributed by atoms with Crippen molar-refractivity contribution in [3.63, 3.8) is 0 Å². The molecule has 0 heterocycles. The van der Waals surface area contributed by atoms with Crippen LogP contribution in [0, 0.1) is 22.7 Å². The number of nitriles is 2. The highest BCUT2D eigenvalue weighted by molar-refractivity contribution is 7.98. The Morgan fingerprint density at radius 2 is 2.00 bits per heavy atom. The molecule has 0 saturated heterocycles. The predicted octanol–water partition coefficient (Wildman–Crippen LogP) is 2.32. The van der Waals surface area contributed by atoms with Gasteiger partial charge in [-0.15, -0.1) is 11.8 Å². The van der Waals surface area contributed by atoms with Gasteiger partial charge in [0.1, 0.15) is 0 Å². The number of rotatable bonds is 3. The molecule has 0 amide bonds. The first-order valence-electron chi connectivity index (χ1n) is 3.81. The zero-order chi connectivity index (χ0) is 9.52. The quantitative estimate of drug-likeness (QED) is 0.684. The fraction of sp³-hybridized carbons (Fsp3) is 0.200. The van der Waals surface area contributed by atoms with Crippen LogP contribution >= 0.6 is 11.8 Å². The summed E-state index contributed by atoms with van der Waals surface area (Å²) in [6, 6.07) is 11.6. The first kappa shape index (κ1) is 9.64. The Bertz CT molecular complexity index is 360. The topological polar surface area (TPSA) is 47.6 Å². The molecule has 0 spiro atoms. The van der Waals surface area contributed by atoms with Gasteiger partial charge in [-0.2, -0.15) is 10.5 Å². The number of nitrogens with zero attached hydrogens (tertiary/aromatic N) is 2. The van der Waals surface area contributed by atoms with Crippen LogP contribution in [0.3, 0.4) is 0 Å². The molecule has 1 aromatic carbocycles. The molecule has 64 valence electrons. The van der Waals surface area contributed by atoms with Crippen molar-refractivity contribution in [2.75, 3.05) is 5.75 Å². The fourth-order valence-electron chi connectivity index (χ4n) is 0.962. The van der Waals surface area contributed by atoms with Crippen molar-refractivity contribution < 1.29 is 0 Å². The third-order valence-electron chi connectivity index (χ3n) is 1.56. The Morgan fingerprint density at radius 1 is 1.23 bits per heavy atom. The van der Waals surface area contributed by atoms with Gasteiger partial charge in [0, 0.05) is 5.75 Å². The number of hydrogen-bond acceptors (Lipinski definition) is 3. The van der Waals surface area contributed by atoms with E-state index >= 15 is 0 Å². The van der Waals surface area contributed by atoms with E-state index < -0.39 is 0 Å². The maximum absolute atomic E-state index is 8.75. The second-order valence-corrected chi connectivity index (χ2v) is 3.41. The van der Waals surface area contributed by atoms with Crippen LogP contribution in [0.15, 0.2) is 24.3 Å². The molecular formula is C10H8N2S. The zero-order valence-corrected chi connectivity index (χ0v) is 7.84. The largest absolute Gasteiger partial charge is 0.197 e. The summed E-state index contributed by atoms with van der Waals surface area (Å²) in [4.78, 5) is 0. The standard InChI is InChI=1S/C10H8N2S/c11-5-6-13-8-10-4-2-1-3-9(10)7-12/h1-4H,6,8H2. The van der Waals surface area contributed by atoms with Crippen LogP contribution in [0.1, 0.15) is 11.1 Å². The van der Waals surface area contributed by atoms with Gasteiger partial charge in [0.15, 0.2) is 0 Å². The molecule has 0 aliphatic rings. The molecule has 0 atom stereocenters. The van der Waals surface area contributed by atoms with Crippen LogP contribution in [0.4, 0.5) is 0 Å². The monoisotopic (exact) mass is 188 g/mol. The minimum atomic E-state index is 0.472. The van der Waals surface area contributed by atoms with Crippen molar-refractivity contribution >= 4 is 11.8 Å². The van der Waals surface area contributed by atoms with Crippen molar-refractivity contribution in [2.45, 2.75) is 5.75 Å². The first-order chi connectivity index (χ1) is 6.38. The normalized spacial score (nSPS) is 8.77. The van der Waals surface area contributed by atoms with Crippen LogP contribution in [0.2, 0.25) is 0 Å². The predicted molar refractivity (Wildman–Crippen MR) is 52.9 cm³/mol. The second kappa shape index (κ2) is 5.24. The number of thioether (sulfide) groups is 1. The molecule has 0 saturated carbocycles. The minimum absolute atomic E-state index is 0.472. The Hall–Kier alpha value is -1.45. The molecule has 0 aromatic heterocycles. The van der Waals surface area contributed by atoms with E-state index in [0.717, 1.165) is 11.3 Å². The van der Waals surface area contributed by atoms with Crippen LogP contribution < -0.4 is 0 Å². The van der Waals surface area contributed by atoms with Gasteiger partial charge in [0.05, 0.1) is 23.5 Å². The van der Waals surface area contributed by atoms with Crippen LogP contribution in [-0.2, 0) is 5.75 Å². The zero-order valence-electron chi connectivity index (χ0n) is 7.03. The van der Waals surface area contributed by atoms with Gasteiger partial charge in [-0.3, -0.25) is 0 Å². The Morgan fingerprint density at radius 3 is 2.69 bits per heavy atom. The van der Waals surface area contributed by atoms with Gasteiger partial charge in [-0.1, -0.05) is 18.2 Å². The van der Waals surface area contributed by atoms with Crippen LogP contribution in [0.5, 0.6) is 0 Å². The molecule has 3 heteroatoms. The third-order valence-corrected chi connectivity index (χ3v) is 2.41. The first-order valence-corrected chi connectivity index (χ1v) is 4.96. The van der Waals surface area contributed by atoms with Gasteiger partial charge in [0.2, 0.25) is 0 Å². The molecule has 0 aliphatic heterocycles. The summed E-state index contributed by atoms with van der Waals surface area (Å²) in [5.41, 5.74) is 1.71. The van der Waals surface area contributed by atoms with E-state index in [9.17, 15) is 0 Å². The Balaban J connectivity index is 2.67. The lowest BCUT2D eigenvalue weighted by molar-refractivity contribution is 1.36. The lowest BCUT2D eigenvalue weighted by Crippen LogP contribution is -1.86. The molecule has 0 N–H and O–H groups in total. The molecule has 0 radical (unpaired) electrons. The molecule has 0 unspecified atom stereocenters. The number of hydrogen-bond donors (Lipinski definition) is 0. The maximum atomic E-state index is 8.75. The summed E-state index contributed by atoms with van der Waals surface area (Å²) in [6.45, 7) is 0. The van der Waals surface area contributed by atoms with Gasteiger partial charge in [-0.05, 0) is 11.6 Å². The summed E-state index contributed by atoms with van der Waals surface area (Å²) in [5, 5.41) is 17.1. The molecular weight excluding hydrogens is 180 g/mol.